The van der Waals surface area contributed by atoms with E-state index in [9.17, 15) is 37.3 Å². The highest BCUT2D eigenvalue weighted by Gasteiger charge is 2.33. The summed E-state index contributed by atoms with van der Waals surface area (Å²) in [4.78, 5) is 60.0. The molecule has 0 spiro atoms. The molecule has 20 nitrogen and oxygen atoms in total. The normalized spacial score (nSPS) is 14.8. The third-order valence-electron chi connectivity index (χ3n) is 12.0. The van der Waals surface area contributed by atoms with Crippen molar-refractivity contribution in [2.75, 3.05) is 57.1 Å². The number of rotatable bonds is 21. The van der Waals surface area contributed by atoms with E-state index in [1.807, 2.05) is 60.6 Å². The number of amides is 3. The maximum Gasteiger partial charge on any atom is 0.336 e. The monoisotopic (exact) mass is 1060 g/mol. The summed E-state index contributed by atoms with van der Waals surface area (Å²) in [6.07, 6.45) is 3.42. The quantitative estimate of drug-likeness (QED) is 0.0116. The van der Waals surface area contributed by atoms with E-state index in [0.717, 1.165) is 11.1 Å². The minimum atomic E-state index is -4.49. The Morgan fingerprint density at radius 3 is 2.30 bits per heavy atom. The van der Waals surface area contributed by atoms with Crippen LogP contribution in [0.2, 0.25) is 0 Å². The van der Waals surface area contributed by atoms with Crippen molar-refractivity contribution in [1.82, 2.24) is 16.0 Å². The number of fused-ring (bicyclic) bond motifs is 4. The topological polar surface area (TPSA) is 289 Å². The van der Waals surface area contributed by atoms with Gasteiger partial charge in [0.05, 0.1) is 41.8 Å². The van der Waals surface area contributed by atoms with Gasteiger partial charge in [-0.15, -0.1) is 0 Å². The van der Waals surface area contributed by atoms with E-state index < -0.39 is 51.0 Å². The summed E-state index contributed by atoms with van der Waals surface area (Å²) in [5.41, 5.74) is 12.1. The van der Waals surface area contributed by atoms with Gasteiger partial charge >= 0.3 is 5.97 Å². The molecule has 0 bridgehead atoms. The molecule has 0 aliphatic carbocycles. The van der Waals surface area contributed by atoms with Crippen LogP contribution in [0, 0.1) is 17.8 Å². The number of nitrogens with zero attached hydrogens (tertiary/aromatic N) is 4. The number of nitrogens with one attached hydrogen (secondary N) is 4. The molecule has 3 heterocycles. The van der Waals surface area contributed by atoms with Crippen LogP contribution in [0.15, 0.2) is 89.0 Å². The second-order valence-electron chi connectivity index (χ2n) is 19.5. The van der Waals surface area contributed by atoms with Crippen molar-refractivity contribution in [3.05, 3.63) is 139 Å². The molecular weight excluding hydrogens is 997 g/mol. The molecule has 3 aliphatic rings. The standard InChI is InChI=1S/C55H60N8O12S/c1-8-33-27-54(4,5)60-44-25-46-42(23-39(33)44)50(43-24-40-36(31-76(69,70)71)28-55(6,7)61-45(40)26-47(43)75-46)41-22-35(14-15-38(41)53(67)68)52(66)59-18-17-58-51(65)34-12-9-13-37(21-34)74-30-49(62-63-56)73-20-19-72-29-48(64)57-16-10-11-32(2)3/h9,12-15,21-28,32,49,61H,8,16-20,29-31H2,1-7H3,(H,57,64)(H,58,65)(H,59,66)(H,67,68)(H,69,70,71). The van der Waals surface area contributed by atoms with Gasteiger partial charge in [0.15, 0.2) is 6.23 Å². The zero-order valence-electron chi connectivity index (χ0n) is 43.2. The van der Waals surface area contributed by atoms with Gasteiger partial charge in [0.1, 0.15) is 36.2 Å². The molecule has 0 fully saturated rings. The number of aromatic carboxylic acids is 1. The SMILES string of the molecule is CCC1=CC(C)(C)N=c2cc3c(cc21)=C(c1cc(C(=O)NCCNC(=O)c2cccc(OCC(N=[N+]=[N-])OCCOCC(=O)NCC#CC(C)C)c2)ccc1C(=O)O)c1cc2c(cc1O3)NC(C)(C)C=C2CS(=O)(=O)O. The third kappa shape index (κ3) is 14.2. The van der Waals surface area contributed by atoms with Crippen LogP contribution in [-0.4, -0.2) is 111 Å². The van der Waals surface area contributed by atoms with Crippen molar-refractivity contribution in [2.45, 2.75) is 72.2 Å². The Morgan fingerprint density at radius 1 is 0.882 bits per heavy atom. The molecule has 7 rings (SSSR count). The van der Waals surface area contributed by atoms with Gasteiger partial charge < -0.3 is 45.3 Å². The van der Waals surface area contributed by atoms with Gasteiger partial charge in [-0.25, -0.2) is 4.79 Å². The molecule has 21 heteroatoms. The number of hydrogen-bond donors (Lipinski definition) is 6. The van der Waals surface area contributed by atoms with Gasteiger partial charge in [-0.1, -0.05) is 55.9 Å². The Morgan fingerprint density at radius 2 is 1.62 bits per heavy atom. The number of hydrogen-bond acceptors (Lipinski definition) is 13. The Kier molecular flexibility index (Phi) is 17.4. The van der Waals surface area contributed by atoms with Crippen LogP contribution in [0.4, 0.5) is 5.69 Å². The summed E-state index contributed by atoms with van der Waals surface area (Å²) in [6.45, 7) is 13.5. The second-order valence-corrected chi connectivity index (χ2v) is 21.0. The molecule has 76 heavy (non-hydrogen) atoms. The maximum absolute atomic E-state index is 13.9. The molecule has 0 saturated carbocycles. The van der Waals surface area contributed by atoms with E-state index in [4.69, 9.17) is 29.5 Å². The molecular formula is C55H60N8O12S. The van der Waals surface area contributed by atoms with Crippen molar-refractivity contribution in [3.8, 4) is 29.1 Å². The van der Waals surface area contributed by atoms with Gasteiger partial charge in [0, 0.05) is 80.3 Å². The average molecular weight is 1060 g/mol. The smallest absolute Gasteiger partial charge is 0.336 e. The first-order valence-corrected chi connectivity index (χ1v) is 26.1. The Hall–Kier alpha value is -7.99. The van der Waals surface area contributed by atoms with Crippen LogP contribution < -0.4 is 41.3 Å². The van der Waals surface area contributed by atoms with E-state index in [2.05, 4.69) is 49.2 Å². The minimum Gasteiger partial charge on any atom is -0.491 e. The van der Waals surface area contributed by atoms with E-state index in [1.165, 1.54) is 24.3 Å². The predicted octanol–water partition coefficient (Wildman–Crippen LogP) is 6.40. The van der Waals surface area contributed by atoms with Gasteiger partial charge in [-0.2, -0.15) is 8.42 Å². The summed E-state index contributed by atoms with van der Waals surface area (Å²) in [5.74, 6) is 3.63. The highest BCUT2D eigenvalue weighted by atomic mass is 32.2. The van der Waals surface area contributed by atoms with Crippen LogP contribution >= 0.6 is 0 Å². The van der Waals surface area contributed by atoms with Crippen molar-refractivity contribution in [1.29, 1.82) is 0 Å². The molecule has 0 aromatic heterocycles. The number of anilines is 1. The maximum atomic E-state index is 13.9. The van der Waals surface area contributed by atoms with Gasteiger partial charge in [0.2, 0.25) is 5.91 Å². The van der Waals surface area contributed by atoms with Crippen LogP contribution in [-0.2, 0) is 24.4 Å². The van der Waals surface area contributed by atoms with E-state index in [-0.39, 0.29) is 85.9 Å². The Bertz CT molecular complexity index is 3400. The Labute approximate surface area is 440 Å². The van der Waals surface area contributed by atoms with Crippen LogP contribution in [0.25, 0.3) is 27.2 Å². The molecule has 1 atom stereocenters. The van der Waals surface area contributed by atoms with Gasteiger partial charge in [-0.3, -0.25) is 23.9 Å². The first kappa shape index (κ1) is 55.8. The van der Waals surface area contributed by atoms with Gasteiger partial charge in [0.25, 0.3) is 21.9 Å². The molecule has 3 amide bonds. The lowest BCUT2D eigenvalue weighted by Crippen LogP contribution is -2.34. The number of carbonyl (C=O) groups is 4. The van der Waals surface area contributed by atoms with Crippen LogP contribution in [0.5, 0.6) is 17.2 Å². The molecule has 4 aromatic carbocycles. The number of carbonyl (C=O) groups excluding carboxylic acids is 3. The van der Waals surface area contributed by atoms with Crippen molar-refractivity contribution < 1.29 is 56.2 Å². The second kappa shape index (κ2) is 23.7. The molecule has 6 N–H and O–H groups in total. The molecule has 3 aliphatic heterocycles. The lowest BCUT2D eigenvalue weighted by atomic mass is 9.83. The van der Waals surface area contributed by atoms with E-state index in [0.29, 0.717) is 56.5 Å². The lowest BCUT2D eigenvalue weighted by molar-refractivity contribution is -0.126. The summed E-state index contributed by atoms with van der Waals surface area (Å²) in [5, 5.41) is 27.1. The van der Waals surface area contributed by atoms with Gasteiger partial charge in [-0.05, 0) is 105 Å². The minimum absolute atomic E-state index is 0.00353. The van der Waals surface area contributed by atoms with E-state index in [1.54, 1.807) is 36.4 Å². The van der Waals surface area contributed by atoms with Crippen molar-refractivity contribution in [3.63, 3.8) is 0 Å². The fraction of sp³-hybridized carbons (Fsp3) is 0.364. The fourth-order valence-electron chi connectivity index (χ4n) is 8.89. The van der Waals surface area contributed by atoms with Crippen molar-refractivity contribution in [2.24, 2.45) is 16.0 Å². The number of azide groups is 1. The molecule has 0 radical (unpaired) electrons. The summed E-state index contributed by atoms with van der Waals surface area (Å²) >= 11 is 0. The Balaban J connectivity index is 1.07. The van der Waals surface area contributed by atoms with Crippen LogP contribution in [0.1, 0.15) is 108 Å². The average Bonchev–Trinajstić information content (AvgIpc) is 3.45. The summed E-state index contributed by atoms with van der Waals surface area (Å²) in [7, 11) is -4.49. The lowest BCUT2D eigenvalue weighted by Gasteiger charge is -2.34. The largest absolute Gasteiger partial charge is 0.491 e. The summed E-state index contributed by atoms with van der Waals surface area (Å²) < 4.78 is 58.0. The highest BCUT2D eigenvalue weighted by molar-refractivity contribution is 7.86. The molecule has 0 saturated heterocycles. The highest BCUT2D eigenvalue weighted by Crippen LogP contribution is 2.45. The number of allylic oxidation sites excluding steroid dienone is 1. The number of carboxylic acid groups (broad SMARTS) is 1. The number of carboxylic acids is 1. The van der Waals surface area contributed by atoms with Crippen molar-refractivity contribution >= 4 is 56.2 Å². The number of benzene rings is 4. The predicted molar refractivity (Wildman–Crippen MR) is 285 cm³/mol. The van der Waals surface area contributed by atoms with E-state index >= 15 is 0 Å². The molecule has 4 aromatic rings. The zero-order chi connectivity index (χ0) is 55.0. The first-order valence-electron chi connectivity index (χ1n) is 24.5. The van der Waals surface area contributed by atoms with Crippen LogP contribution in [0.3, 0.4) is 0 Å². The molecule has 1 unspecified atom stereocenters. The first-order chi connectivity index (χ1) is 36.0. The number of ether oxygens (including phenoxy) is 4. The fourth-order valence-corrected chi connectivity index (χ4v) is 9.52. The zero-order valence-corrected chi connectivity index (χ0v) is 44.0. The molecule has 398 valence electrons. The summed E-state index contributed by atoms with van der Waals surface area (Å²) in [6, 6.07) is 17.6. The third-order valence-corrected chi connectivity index (χ3v) is 12.7.